The molecule has 0 unspecified atom stereocenters. The van der Waals surface area contributed by atoms with Crippen LogP contribution in [0.2, 0.25) is 0 Å². The Kier molecular flexibility index (Phi) is 5.37. The number of carbonyl (C=O) groups excluding carboxylic acids is 2. The number of amides is 2. The van der Waals surface area contributed by atoms with Gasteiger partial charge in [0.1, 0.15) is 17.3 Å². The SMILES string of the molecule is COc1ccc(N2C[C@@H](C(=O)N(Cc3ccco3)Cc3ccco3)CC2=O)cc1. The van der Waals surface area contributed by atoms with E-state index in [2.05, 4.69) is 0 Å². The van der Waals surface area contributed by atoms with Crippen molar-refractivity contribution >= 4 is 17.5 Å². The van der Waals surface area contributed by atoms with Crippen LogP contribution in [0.5, 0.6) is 5.75 Å². The van der Waals surface area contributed by atoms with E-state index in [9.17, 15) is 9.59 Å². The smallest absolute Gasteiger partial charge is 0.228 e. The van der Waals surface area contributed by atoms with E-state index in [-0.39, 0.29) is 18.2 Å². The first-order chi connectivity index (χ1) is 14.1. The number of hydrogen-bond acceptors (Lipinski definition) is 5. The number of carbonyl (C=O) groups is 2. The van der Waals surface area contributed by atoms with Crippen LogP contribution in [0, 0.1) is 5.92 Å². The van der Waals surface area contributed by atoms with E-state index in [1.54, 1.807) is 53.7 Å². The van der Waals surface area contributed by atoms with Crippen LogP contribution < -0.4 is 9.64 Å². The van der Waals surface area contributed by atoms with E-state index in [0.29, 0.717) is 31.2 Å². The second-order valence-electron chi connectivity index (χ2n) is 6.96. The lowest BCUT2D eigenvalue weighted by molar-refractivity contribution is -0.137. The van der Waals surface area contributed by atoms with Crippen molar-refractivity contribution in [2.24, 2.45) is 5.92 Å². The lowest BCUT2D eigenvalue weighted by Gasteiger charge is -2.24. The number of benzene rings is 1. The van der Waals surface area contributed by atoms with Gasteiger partial charge in [-0.2, -0.15) is 0 Å². The van der Waals surface area contributed by atoms with Crippen LogP contribution in [0.15, 0.2) is 69.9 Å². The van der Waals surface area contributed by atoms with Gasteiger partial charge in [0, 0.05) is 18.7 Å². The predicted octanol–water partition coefficient (Wildman–Crippen LogP) is 3.46. The van der Waals surface area contributed by atoms with Crippen molar-refractivity contribution in [1.29, 1.82) is 0 Å². The number of methoxy groups -OCH3 is 1. The molecule has 150 valence electrons. The van der Waals surface area contributed by atoms with Crippen molar-refractivity contribution in [1.82, 2.24) is 4.90 Å². The Hall–Kier alpha value is -3.48. The molecule has 1 aromatic carbocycles. The summed E-state index contributed by atoms with van der Waals surface area (Å²) < 4.78 is 16.0. The zero-order valence-electron chi connectivity index (χ0n) is 16.1. The molecule has 1 fully saturated rings. The topological polar surface area (TPSA) is 76.1 Å². The van der Waals surface area contributed by atoms with Crippen LogP contribution in [-0.4, -0.2) is 30.4 Å². The number of hydrogen-bond donors (Lipinski definition) is 0. The van der Waals surface area contributed by atoms with Gasteiger partial charge in [0.25, 0.3) is 0 Å². The summed E-state index contributed by atoms with van der Waals surface area (Å²) in [5.41, 5.74) is 0.759. The number of ether oxygens (including phenoxy) is 1. The summed E-state index contributed by atoms with van der Waals surface area (Å²) in [7, 11) is 1.59. The molecule has 0 radical (unpaired) electrons. The maximum atomic E-state index is 13.3. The highest BCUT2D eigenvalue weighted by molar-refractivity contribution is 6.00. The maximum absolute atomic E-state index is 13.3. The van der Waals surface area contributed by atoms with Gasteiger partial charge in [-0.15, -0.1) is 0 Å². The standard InChI is InChI=1S/C22H22N2O5/c1-27-18-8-6-17(7-9-18)24-13-16(12-21(24)25)22(26)23(14-19-4-2-10-28-19)15-20-5-3-11-29-20/h2-11,16H,12-15H2,1H3/t16-/m0/s1. The third kappa shape index (κ3) is 4.18. The quantitative estimate of drug-likeness (QED) is 0.613. The molecule has 0 bridgehead atoms. The molecule has 3 heterocycles. The Morgan fingerprint density at radius 3 is 2.21 bits per heavy atom. The van der Waals surface area contributed by atoms with Crippen molar-refractivity contribution in [3.8, 4) is 5.75 Å². The van der Waals surface area contributed by atoms with Gasteiger partial charge in [-0.05, 0) is 48.5 Å². The van der Waals surface area contributed by atoms with Gasteiger partial charge in [0.2, 0.25) is 11.8 Å². The van der Waals surface area contributed by atoms with E-state index < -0.39 is 5.92 Å². The Bertz CT molecular complexity index is 912. The lowest BCUT2D eigenvalue weighted by Crippen LogP contribution is -2.36. The third-order valence-electron chi connectivity index (χ3n) is 5.02. The molecule has 0 spiro atoms. The molecule has 0 N–H and O–H groups in total. The van der Waals surface area contributed by atoms with Crippen molar-refractivity contribution in [2.45, 2.75) is 19.5 Å². The molecule has 2 amide bonds. The Morgan fingerprint density at radius 2 is 1.69 bits per heavy atom. The van der Waals surface area contributed by atoms with Gasteiger partial charge >= 0.3 is 0 Å². The number of anilines is 1. The monoisotopic (exact) mass is 394 g/mol. The average Bonchev–Trinajstić information content (AvgIpc) is 3.50. The summed E-state index contributed by atoms with van der Waals surface area (Å²) in [6.45, 7) is 0.982. The molecule has 29 heavy (non-hydrogen) atoms. The number of furan rings is 2. The predicted molar refractivity (Wildman–Crippen MR) is 105 cm³/mol. The highest BCUT2D eigenvalue weighted by Gasteiger charge is 2.37. The van der Waals surface area contributed by atoms with Crippen LogP contribution in [0.25, 0.3) is 0 Å². The molecule has 7 heteroatoms. The largest absolute Gasteiger partial charge is 0.497 e. The molecule has 1 atom stereocenters. The highest BCUT2D eigenvalue weighted by atomic mass is 16.5. The first kappa shape index (κ1) is 18.9. The molecule has 1 saturated heterocycles. The van der Waals surface area contributed by atoms with Gasteiger partial charge in [0.15, 0.2) is 0 Å². The fourth-order valence-electron chi connectivity index (χ4n) is 3.54. The van der Waals surface area contributed by atoms with Gasteiger partial charge in [-0.1, -0.05) is 0 Å². The minimum atomic E-state index is -0.422. The van der Waals surface area contributed by atoms with Gasteiger partial charge in [-0.3, -0.25) is 9.59 Å². The van der Waals surface area contributed by atoms with Crippen LogP contribution in [0.1, 0.15) is 17.9 Å². The fourth-order valence-corrected chi connectivity index (χ4v) is 3.54. The summed E-state index contributed by atoms with van der Waals surface area (Å²) in [5.74, 6) is 1.50. The second kappa shape index (κ2) is 8.26. The summed E-state index contributed by atoms with van der Waals surface area (Å²) in [5, 5.41) is 0. The zero-order chi connectivity index (χ0) is 20.2. The maximum Gasteiger partial charge on any atom is 0.228 e. The summed E-state index contributed by atoms with van der Waals surface area (Å²) in [4.78, 5) is 29.2. The summed E-state index contributed by atoms with van der Waals surface area (Å²) >= 11 is 0. The van der Waals surface area contributed by atoms with Gasteiger partial charge in [0.05, 0.1) is 38.6 Å². The van der Waals surface area contributed by atoms with E-state index >= 15 is 0 Å². The Balaban J connectivity index is 1.50. The molecule has 2 aromatic heterocycles. The van der Waals surface area contributed by atoms with Crippen LogP contribution in [0.4, 0.5) is 5.69 Å². The minimum Gasteiger partial charge on any atom is -0.497 e. The second-order valence-corrected chi connectivity index (χ2v) is 6.96. The molecule has 0 aliphatic carbocycles. The molecule has 1 aliphatic rings. The van der Waals surface area contributed by atoms with E-state index in [1.807, 2.05) is 24.3 Å². The Morgan fingerprint density at radius 1 is 1.07 bits per heavy atom. The van der Waals surface area contributed by atoms with E-state index in [1.165, 1.54) is 0 Å². The first-order valence-electron chi connectivity index (χ1n) is 9.42. The van der Waals surface area contributed by atoms with Gasteiger partial charge < -0.3 is 23.4 Å². The number of rotatable bonds is 7. The van der Waals surface area contributed by atoms with Crippen molar-refractivity contribution in [3.05, 3.63) is 72.6 Å². The molecule has 7 nitrogen and oxygen atoms in total. The van der Waals surface area contributed by atoms with Crippen LogP contribution >= 0.6 is 0 Å². The Labute approximate surface area is 168 Å². The zero-order valence-corrected chi connectivity index (χ0v) is 16.1. The van der Waals surface area contributed by atoms with Crippen molar-refractivity contribution < 1.29 is 23.2 Å². The average molecular weight is 394 g/mol. The summed E-state index contributed by atoms with van der Waals surface area (Å²) in [6, 6.07) is 14.5. The minimum absolute atomic E-state index is 0.0653. The normalized spacial score (nSPS) is 16.2. The van der Waals surface area contributed by atoms with Crippen LogP contribution in [0.3, 0.4) is 0 Å². The number of nitrogens with zero attached hydrogens (tertiary/aromatic N) is 2. The third-order valence-corrected chi connectivity index (χ3v) is 5.02. The van der Waals surface area contributed by atoms with E-state index in [4.69, 9.17) is 13.6 Å². The van der Waals surface area contributed by atoms with Crippen molar-refractivity contribution in [3.63, 3.8) is 0 Å². The molecular formula is C22H22N2O5. The highest BCUT2D eigenvalue weighted by Crippen LogP contribution is 2.28. The first-order valence-corrected chi connectivity index (χ1v) is 9.42. The van der Waals surface area contributed by atoms with Gasteiger partial charge in [-0.25, -0.2) is 0 Å². The summed E-state index contributed by atoms with van der Waals surface area (Å²) in [6.07, 6.45) is 3.34. The molecule has 4 rings (SSSR count). The molecular weight excluding hydrogens is 372 g/mol. The molecule has 1 aliphatic heterocycles. The lowest BCUT2D eigenvalue weighted by atomic mass is 10.1. The molecule has 0 saturated carbocycles. The fraction of sp³-hybridized carbons (Fsp3) is 0.273. The molecule has 3 aromatic rings. The van der Waals surface area contributed by atoms with E-state index in [0.717, 1.165) is 11.4 Å². The van der Waals surface area contributed by atoms with Crippen molar-refractivity contribution in [2.75, 3.05) is 18.6 Å². The van der Waals surface area contributed by atoms with Crippen LogP contribution in [-0.2, 0) is 22.7 Å².